The Labute approximate surface area is 113 Å². The highest BCUT2D eigenvalue weighted by Gasteiger charge is 2.13. The molecular formula is C17H17NO. The lowest BCUT2D eigenvalue weighted by Gasteiger charge is -2.05. The van der Waals surface area contributed by atoms with Crippen LogP contribution < -0.4 is 4.74 Å². The normalized spacial score (nSPS) is 10.9. The van der Waals surface area contributed by atoms with Crippen molar-refractivity contribution in [3.8, 4) is 17.0 Å². The zero-order chi connectivity index (χ0) is 13.4. The molecular weight excluding hydrogens is 234 g/mol. The van der Waals surface area contributed by atoms with Crippen molar-refractivity contribution in [3.05, 3.63) is 54.1 Å². The lowest BCUT2D eigenvalue weighted by Crippen LogP contribution is -1.92. The number of ether oxygens (including phenoxy) is 1. The highest BCUT2D eigenvalue weighted by Crippen LogP contribution is 2.34. The van der Waals surface area contributed by atoms with Crippen LogP contribution in [0, 0.1) is 6.92 Å². The van der Waals surface area contributed by atoms with Crippen molar-refractivity contribution in [1.82, 2.24) is 4.57 Å². The minimum atomic E-state index is 0.904. The molecule has 3 aromatic rings. The van der Waals surface area contributed by atoms with Crippen molar-refractivity contribution in [1.29, 1.82) is 0 Å². The zero-order valence-corrected chi connectivity index (χ0v) is 11.5. The molecule has 0 aliphatic carbocycles. The lowest BCUT2D eigenvalue weighted by atomic mass is 10.1. The van der Waals surface area contributed by atoms with Crippen molar-refractivity contribution in [2.75, 3.05) is 7.11 Å². The molecule has 0 radical (unpaired) electrons. The van der Waals surface area contributed by atoms with Gasteiger partial charge in [0, 0.05) is 18.0 Å². The van der Waals surface area contributed by atoms with Crippen LogP contribution in [-0.4, -0.2) is 11.7 Å². The van der Waals surface area contributed by atoms with Gasteiger partial charge in [0.05, 0.1) is 12.8 Å². The Bertz CT molecular complexity index is 726. The molecule has 0 fully saturated rings. The van der Waals surface area contributed by atoms with E-state index >= 15 is 0 Å². The van der Waals surface area contributed by atoms with Crippen LogP contribution in [0.15, 0.2) is 48.5 Å². The van der Waals surface area contributed by atoms with Crippen LogP contribution in [0.25, 0.3) is 22.2 Å². The average Bonchev–Trinajstić information content (AvgIpc) is 2.71. The molecule has 0 spiro atoms. The van der Waals surface area contributed by atoms with E-state index in [9.17, 15) is 0 Å². The maximum Gasteiger partial charge on any atom is 0.119 e. The summed E-state index contributed by atoms with van der Waals surface area (Å²) in [4.78, 5) is 0. The molecule has 0 bridgehead atoms. The lowest BCUT2D eigenvalue weighted by molar-refractivity contribution is 0.415. The Morgan fingerprint density at radius 3 is 2.42 bits per heavy atom. The SMILES string of the molecule is COc1ccc2c(c1)c(C)c(-c1ccccc1)n2C. The number of aromatic nitrogens is 1. The van der Waals surface area contributed by atoms with Crippen molar-refractivity contribution < 1.29 is 4.74 Å². The number of nitrogens with zero attached hydrogens (tertiary/aromatic N) is 1. The van der Waals surface area contributed by atoms with Gasteiger partial charge < -0.3 is 9.30 Å². The Morgan fingerprint density at radius 2 is 1.74 bits per heavy atom. The topological polar surface area (TPSA) is 14.2 Å². The maximum absolute atomic E-state index is 5.32. The fourth-order valence-corrected chi connectivity index (χ4v) is 2.74. The van der Waals surface area contributed by atoms with E-state index in [1.54, 1.807) is 7.11 Å². The Hall–Kier alpha value is -2.22. The van der Waals surface area contributed by atoms with Gasteiger partial charge in [-0.15, -0.1) is 0 Å². The van der Waals surface area contributed by atoms with Crippen LogP contribution in [0.3, 0.4) is 0 Å². The van der Waals surface area contributed by atoms with Crippen molar-refractivity contribution >= 4 is 10.9 Å². The van der Waals surface area contributed by atoms with Gasteiger partial charge in [-0.1, -0.05) is 30.3 Å². The summed E-state index contributed by atoms with van der Waals surface area (Å²) in [5.74, 6) is 0.904. The number of hydrogen-bond acceptors (Lipinski definition) is 1. The van der Waals surface area contributed by atoms with Crippen LogP contribution in [0.2, 0.25) is 0 Å². The molecule has 0 N–H and O–H groups in total. The van der Waals surface area contributed by atoms with Gasteiger partial charge in [0.15, 0.2) is 0 Å². The fraction of sp³-hybridized carbons (Fsp3) is 0.176. The minimum Gasteiger partial charge on any atom is -0.497 e. The molecule has 0 saturated carbocycles. The van der Waals surface area contributed by atoms with Gasteiger partial charge >= 0.3 is 0 Å². The number of fused-ring (bicyclic) bond motifs is 1. The Morgan fingerprint density at radius 1 is 1.00 bits per heavy atom. The Kier molecular flexibility index (Phi) is 2.79. The van der Waals surface area contributed by atoms with Crippen LogP contribution in [-0.2, 0) is 7.05 Å². The van der Waals surface area contributed by atoms with Crippen LogP contribution in [0.5, 0.6) is 5.75 Å². The molecule has 0 saturated heterocycles. The first-order chi connectivity index (χ1) is 9.22. The van der Waals surface area contributed by atoms with Crippen molar-refractivity contribution in [2.24, 2.45) is 7.05 Å². The fourth-order valence-electron chi connectivity index (χ4n) is 2.74. The summed E-state index contributed by atoms with van der Waals surface area (Å²) in [6, 6.07) is 16.7. The number of benzene rings is 2. The van der Waals surface area contributed by atoms with Gasteiger partial charge in [-0.25, -0.2) is 0 Å². The second-order valence-corrected chi connectivity index (χ2v) is 4.78. The molecule has 0 aliphatic heterocycles. The number of hydrogen-bond donors (Lipinski definition) is 0. The maximum atomic E-state index is 5.32. The quantitative estimate of drug-likeness (QED) is 0.667. The first-order valence-electron chi connectivity index (χ1n) is 6.41. The molecule has 19 heavy (non-hydrogen) atoms. The van der Waals surface area contributed by atoms with Gasteiger partial charge in [0.25, 0.3) is 0 Å². The Balaban J connectivity index is 2.32. The van der Waals surface area contributed by atoms with Gasteiger partial charge in [0.1, 0.15) is 5.75 Å². The summed E-state index contributed by atoms with van der Waals surface area (Å²) in [7, 11) is 3.82. The monoisotopic (exact) mass is 251 g/mol. The van der Waals surface area contributed by atoms with E-state index in [0.717, 1.165) is 5.75 Å². The van der Waals surface area contributed by atoms with Crippen LogP contribution in [0.1, 0.15) is 5.56 Å². The smallest absolute Gasteiger partial charge is 0.119 e. The molecule has 0 aliphatic rings. The molecule has 96 valence electrons. The predicted molar refractivity (Wildman–Crippen MR) is 79.6 cm³/mol. The second-order valence-electron chi connectivity index (χ2n) is 4.78. The van der Waals surface area contributed by atoms with Crippen LogP contribution in [0.4, 0.5) is 0 Å². The molecule has 2 nitrogen and oxygen atoms in total. The summed E-state index contributed by atoms with van der Waals surface area (Å²) in [6.07, 6.45) is 0. The molecule has 2 heteroatoms. The van der Waals surface area contributed by atoms with Crippen LogP contribution >= 0.6 is 0 Å². The third-order valence-corrected chi connectivity index (χ3v) is 3.71. The molecule has 1 heterocycles. The van der Waals surface area contributed by atoms with E-state index < -0.39 is 0 Å². The number of aryl methyl sites for hydroxylation is 2. The van der Waals surface area contributed by atoms with Gasteiger partial charge in [-0.2, -0.15) is 0 Å². The predicted octanol–water partition coefficient (Wildman–Crippen LogP) is 4.16. The summed E-state index contributed by atoms with van der Waals surface area (Å²) in [6.45, 7) is 2.17. The van der Waals surface area contributed by atoms with Crippen molar-refractivity contribution in [3.63, 3.8) is 0 Å². The van der Waals surface area contributed by atoms with Gasteiger partial charge in [0.2, 0.25) is 0 Å². The largest absolute Gasteiger partial charge is 0.497 e. The van der Waals surface area contributed by atoms with E-state index in [2.05, 4.69) is 54.9 Å². The summed E-state index contributed by atoms with van der Waals surface area (Å²) in [5.41, 5.74) is 5.04. The third kappa shape index (κ3) is 1.80. The first kappa shape index (κ1) is 11.8. The number of rotatable bonds is 2. The van der Waals surface area contributed by atoms with E-state index in [-0.39, 0.29) is 0 Å². The molecule has 1 aromatic heterocycles. The van der Waals surface area contributed by atoms with E-state index in [4.69, 9.17) is 4.74 Å². The summed E-state index contributed by atoms with van der Waals surface area (Å²) in [5, 5.41) is 1.25. The van der Waals surface area contributed by atoms with Crippen molar-refractivity contribution in [2.45, 2.75) is 6.92 Å². The van der Waals surface area contributed by atoms with E-state index in [1.807, 2.05) is 12.1 Å². The zero-order valence-electron chi connectivity index (χ0n) is 11.5. The highest BCUT2D eigenvalue weighted by molar-refractivity contribution is 5.92. The average molecular weight is 251 g/mol. The van der Waals surface area contributed by atoms with Gasteiger partial charge in [-0.05, 0) is 36.2 Å². The molecule has 0 unspecified atom stereocenters. The third-order valence-electron chi connectivity index (χ3n) is 3.71. The minimum absolute atomic E-state index is 0.904. The molecule has 3 rings (SSSR count). The molecule has 0 atom stereocenters. The molecule has 2 aromatic carbocycles. The summed E-state index contributed by atoms with van der Waals surface area (Å²) >= 11 is 0. The van der Waals surface area contributed by atoms with E-state index in [1.165, 1.54) is 27.7 Å². The summed E-state index contributed by atoms with van der Waals surface area (Å²) < 4.78 is 7.57. The second kappa shape index (κ2) is 4.47. The molecule has 0 amide bonds. The van der Waals surface area contributed by atoms with E-state index in [0.29, 0.717) is 0 Å². The highest BCUT2D eigenvalue weighted by atomic mass is 16.5. The number of methoxy groups -OCH3 is 1. The standard InChI is InChI=1S/C17H17NO/c1-12-15-11-14(19-3)9-10-16(15)18(2)17(12)13-7-5-4-6-8-13/h4-11H,1-3H3. The van der Waals surface area contributed by atoms with Gasteiger partial charge in [-0.3, -0.25) is 0 Å². The first-order valence-corrected chi connectivity index (χ1v) is 6.41.